The molecule has 0 atom stereocenters. The van der Waals surface area contributed by atoms with Gasteiger partial charge in [0.05, 0.1) is 0 Å². The van der Waals surface area contributed by atoms with Crippen LogP contribution in [0, 0.1) is 0 Å². The van der Waals surface area contributed by atoms with E-state index in [0.29, 0.717) is 0 Å². The highest BCUT2D eigenvalue weighted by Gasteiger charge is 1.71. The maximum absolute atomic E-state index is 4.70. The molecule has 0 aromatic heterocycles. The van der Waals surface area contributed by atoms with E-state index in [1.165, 1.54) is 0 Å². The van der Waals surface area contributed by atoms with Gasteiger partial charge in [-0.15, -0.1) is 12.2 Å². The van der Waals surface area contributed by atoms with Crippen molar-refractivity contribution in [3.63, 3.8) is 0 Å². The summed E-state index contributed by atoms with van der Waals surface area (Å²) in [7, 11) is 1.95. The normalized spacial score (nSPS) is 7.40. The predicted molar refractivity (Wildman–Crippen MR) is 31.4 cm³/mol. The van der Waals surface area contributed by atoms with E-state index in [2.05, 4.69) is 6.92 Å². The van der Waals surface area contributed by atoms with Crippen molar-refractivity contribution in [2.45, 2.75) is 13.3 Å². The minimum absolute atomic E-state index is 1.04. The van der Waals surface area contributed by atoms with Crippen molar-refractivity contribution in [2.24, 2.45) is 0 Å². The zero-order valence-corrected chi connectivity index (χ0v) is 4.43. The van der Waals surface area contributed by atoms with Gasteiger partial charge < -0.3 is 0 Å². The van der Waals surface area contributed by atoms with E-state index >= 15 is 0 Å². The summed E-state index contributed by atoms with van der Waals surface area (Å²) in [6.07, 6.45) is 1.04. The molecular formula is C3H7BS. The summed E-state index contributed by atoms with van der Waals surface area (Å²) < 4.78 is 1.09. The summed E-state index contributed by atoms with van der Waals surface area (Å²) in [4.78, 5) is 0. The Hall–Kier alpha value is 0.155. The molecule has 0 N–H and O–H groups in total. The highest BCUT2D eigenvalue weighted by atomic mass is 32.1. The minimum Gasteiger partial charge on any atom is -0.101 e. The molecule has 0 heterocycles. The fraction of sp³-hybridized carbons (Fsp3) is 0.667. The maximum Gasteiger partial charge on any atom is 0.148 e. The lowest BCUT2D eigenvalue weighted by atomic mass is 10.0. The highest BCUT2D eigenvalue weighted by Crippen LogP contribution is 1.72. The highest BCUT2D eigenvalue weighted by molar-refractivity contribution is 7.83. The van der Waals surface area contributed by atoms with Crippen molar-refractivity contribution in [1.82, 2.24) is 0 Å². The van der Waals surface area contributed by atoms with Gasteiger partial charge in [0, 0.05) is 0 Å². The molecule has 2 heteroatoms. The Labute approximate surface area is 39.0 Å². The van der Waals surface area contributed by atoms with Crippen LogP contribution in [0.5, 0.6) is 0 Å². The third-order valence-corrected chi connectivity index (χ3v) is 0.787. The van der Waals surface area contributed by atoms with E-state index in [1.807, 2.05) is 7.85 Å². The summed E-state index contributed by atoms with van der Waals surface area (Å²) in [6, 6.07) is 0. The fourth-order valence-corrected chi connectivity index (χ4v) is 0. The molecule has 0 fully saturated rings. The average molecular weight is 86.0 g/mol. The second-order valence-electron chi connectivity index (χ2n) is 1.06. The van der Waals surface area contributed by atoms with Gasteiger partial charge in [0.1, 0.15) is 7.85 Å². The van der Waals surface area contributed by atoms with E-state index in [4.69, 9.17) is 12.2 Å². The Bertz CT molecular complexity index is 42.2. The van der Waals surface area contributed by atoms with Crippen LogP contribution in [0.4, 0.5) is 0 Å². The van der Waals surface area contributed by atoms with Crippen molar-refractivity contribution in [3.05, 3.63) is 0 Å². The second-order valence-corrected chi connectivity index (χ2v) is 1.75. The molecule has 0 bridgehead atoms. The largest absolute Gasteiger partial charge is 0.148 e. The third-order valence-electron chi connectivity index (χ3n) is 0.498. The van der Waals surface area contributed by atoms with Crippen LogP contribution >= 0.6 is 12.2 Å². The van der Waals surface area contributed by atoms with Gasteiger partial charge in [-0.3, -0.25) is 0 Å². The zero-order valence-electron chi connectivity index (χ0n) is 3.62. The molecule has 0 spiro atoms. The molecule has 0 nitrogen and oxygen atoms in total. The molecule has 0 aliphatic rings. The summed E-state index contributed by atoms with van der Waals surface area (Å²) >= 11 is 4.70. The van der Waals surface area contributed by atoms with Crippen LogP contribution in [-0.2, 0) is 0 Å². The molecule has 0 aromatic carbocycles. The molecule has 5 heavy (non-hydrogen) atoms. The van der Waals surface area contributed by atoms with Crippen molar-refractivity contribution in [1.29, 1.82) is 0 Å². The average Bonchev–Trinajstić information content (AvgIpc) is 1.38. The lowest BCUT2D eigenvalue weighted by Crippen LogP contribution is -1.84. The first-order chi connectivity index (χ1) is 2.27. The molecule has 0 radical (unpaired) electrons. The van der Waals surface area contributed by atoms with Crippen LogP contribution in [0.1, 0.15) is 13.3 Å². The van der Waals surface area contributed by atoms with Gasteiger partial charge in [-0.2, -0.15) is 0 Å². The maximum atomic E-state index is 4.70. The molecule has 0 rings (SSSR count). The first-order valence-corrected chi connectivity index (χ1v) is 2.17. The molecule has 0 aliphatic carbocycles. The number of thiocarbonyl (C=S) groups is 1. The fourth-order valence-electron chi connectivity index (χ4n) is 0. The van der Waals surface area contributed by atoms with Gasteiger partial charge in [0.25, 0.3) is 0 Å². The van der Waals surface area contributed by atoms with Crippen LogP contribution in [0.25, 0.3) is 0 Å². The third kappa shape index (κ3) is 4.15. The Balaban J connectivity index is 2.85. The van der Waals surface area contributed by atoms with Crippen molar-refractivity contribution >= 4 is 24.8 Å². The van der Waals surface area contributed by atoms with E-state index in [1.54, 1.807) is 0 Å². The monoisotopic (exact) mass is 86.0 g/mol. The standard InChI is InChI=1S/C3H7BS/c1-2-3(4)5/h2,4H2,1H3. The second kappa shape index (κ2) is 2.40. The van der Waals surface area contributed by atoms with Crippen LogP contribution in [0.15, 0.2) is 0 Å². The molecule has 0 unspecified atom stereocenters. The lowest BCUT2D eigenvalue weighted by molar-refractivity contribution is 1.34. The molecule has 28 valence electrons. The molecular weight excluding hydrogens is 78.9 g/mol. The number of hydrogen-bond acceptors (Lipinski definition) is 1. The van der Waals surface area contributed by atoms with Gasteiger partial charge in [-0.1, -0.05) is 6.92 Å². The van der Waals surface area contributed by atoms with E-state index in [9.17, 15) is 0 Å². The first kappa shape index (κ1) is 5.15. The van der Waals surface area contributed by atoms with E-state index < -0.39 is 0 Å². The van der Waals surface area contributed by atoms with Crippen LogP contribution in [0.3, 0.4) is 0 Å². The molecule has 0 saturated heterocycles. The van der Waals surface area contributed by atoms with Crippen LogP contribution in [0.2, 0.25) is 0 Å². The first-order valence-electron chi connectivity index (χ1n) is 1.76. The zero-order chi connectivity index (χ0) is 4.28. The van der Waals surface area contributed by atoms with E-state index in [-0.39, 0.29) is 0 Å². The summed E-state index contributed by atoms with van der Waals surface area (Å²) in [6.45, 7) is 2.06. The van der Waals surface area contributed by atoms with E-state index in [0.717, 1.165) is 11.2 Å². The SMILES string of the molecule is BC(=S)CC. The van der Waals surface area contributed by atoms with Crippen LogP contribution in [-0.4, -0.2) is 12.6 Å². The number of rotatable bonds is 1. The Kier molecular flexibility index (Phi) is 2.47. The Morgan fingerprint density at radius 2 is 2.20 bits per heavy atom. The summed E-state index contributed by atoms with van der Waals surface area (Å²) in [5.74, 6) is 0. The van der Waals surface area contributed by atoms with Crippen molar-refractivity contribution in [2.75, 3.05) is 0 Å². The summed E-state index contributed by atoms with van der Waals surface area (Å²) in [5.41, 5.74) is 0. The van der Waals surface area contributed by atoms with Crippen LogP contribution < -0.4 is 0 Å². The van der Waals surface area contributed by atoms with Gasteiger partial charge in [-0.25, -0.2) is 0 Å². The Morgan fingerprint density at radius 1 is 2.00 bits per heavy atom. The smallest absolute Gasteiger partial charge is 0.101 e. The predicted octanol–water partition coefficient (Wildman–Crippen LogP) is 0.357. The lowest BCUT2D eigenvalue weighted by Gasteiger charge is -1.76. The van der Waals surface area contributed by atoms with Crippen molar-refractivity contribution < 1.29 is 0 Å². The Morgan fingerprint density at radius 3 is 2.20 bits per heavy atom. The quantitative estimate of drug-likeness (QED) is 0.328. The summed E-state index contributed by atoms with van der Waals surface area (Å²) in [5, 5.41) is 0. The van der Waals surface area contributed by atoms with Gasteiger partial charge in [0.2, 0.25) is 0 Å². The molecule has 0 saturated carbocycles. The topological polar surface area (TPSA) is 0 Å². The number of hydrogen-bond donors (Lipinski definition) is 0. The van der Waals surface area contributed by atoms with Gasteiger partial charge in [0.15, 0.2) is 0 Å². The molecule has 0 aliphatic heterocycles. The van der Waals surface area contributed by atoms with Gasteiger partial charge >= 0.3 is 0 Å². The minimum atomic E-state index is 1.04. The van der Waals surface area contributed by atoms with Gasteiger partial charge in [-0.05, 0) is 11.2 Å². The van der Waals surface area contributed by atoms with Crippen molar-refractivity contribution in [3.8, 4) is 0 Å². The molecule has 0 amide bonds. The molecule has 0 aromatic rings.